The van der Waals surface area contributed by atoms with E-state index in [0.29, 0.717) is 17.8 Å². The molecule has 2 aromatic rings. The van der Waals surface area contributed by atoms with E-state index in [1.165, 1.54) is 48.2 Å². The Bertz CT molecular complexity index is 812. The Morgan fingerprint density at radius 3 is 2.28 bits per heavy atom. The van der Waals surface area contributed by atoms with Crippen molar-refractivity contribution in [3.05, 3.63) is 59.7 Å². The fourth-order valence-corrected chi connectivity index (χ4v) is 3.54. The van der Waals surface area contributed by atoms with Crippen molar-refractivity contribution in [1.29, 1.82) is 5.41 Å². The molecule has 3 rings (SSSR count). The number of likely N-dealkylation sites (tertiary alicyclic amines) is 1. The third kappa shape index (κ3) is 9.77. The van der Waals surface area contributed by atoms with Gasteiger partial charge in [-0.1, -0.05) is 36.2 Å². The summed E-state index contributed by atoms with van der Waals surface area (Å²) in [5.74, 6) is 5.76. The number of hydrogen-bond donors (Lipinski definition) is 4. The van der Waals surface area contributed by atoms with Crippen molar-refractivity contribution in [3.63, 3.8) is 0 Å². The van der Waals surface area contributed by atoms with Crippen molar-refractivity contribution in [2.75, 3.05) is 38.5 Å². The predicted octanol–water partition coefficient (Wildman–Crippen LogP) is 3.31. The maximum Gasteiger partial charge on any atom is 0.319 e. The number of urea groups is 1. The number of aryl methyl sites for hydroxylation is 1. The third-order valence-corrected chi connectivity index (χ3v) is 5.62. The summed E-state index contributed by atoms with van der Waals surface area (Å²) in [6, 6.07) is 15.2. The fraction of sp³-hybridized carbons (Fsp3) is 0.417. The molecule has 1 aliphatic heterocycles. The summed E-state index contributed by atoms with van der Waals surface area (Å²) in [7, 11) is 4.27. The van der Waals surface area contributed by atoms with Crippen LogP contribution in [0.15, 0.2) is 48.5 Å². The van der Waals surface area contributed by atoms with E-state index in [0.717, 1.165) is 13.0 Å². The minimum Gasteiger partial charge on any atom is -0.338 e. The maximum absolute atomic E-state index is 11.9. The van der Waals surface area contributed by atoms with E-state index in [2.05, 4.69) is 56.0 Å². The van der Waals surface area contributed by atoms with Gasteiger partial charge in [-0.05, 0) is 75.4 Å². The lowest BCUT2D eigenvalue weighted by molar-refractivity contribution is 0.224. The van der Waals surface area contributed by atoms with Gasteiger partial charge < -0.3 is 15.5 Å². The highest BCUT2D eigenvalue weighted by atomic mass is 31.0. The topological polar surface area (TPSA) is 97.5 Å². The second-order valence-electron chi connectivity index (χ2n) is 8.08. The van der Waals surface area contributed by atoms with Crippen LogP contribution in [-0.2, 0) is 0 Å². The van der Waals surface area contributed by atoms with Gasteiger partial charge in [0.15, 0.2) is 0 Å². The Labute approximate surface area is 194 Å². The van der Waals surface area contributed by atoms with Crippen molar-refractivity contribution in [3.8, 4) is 0 Å². The molecule has 0 spiro atoms. The van der Waals surface area contributed by atoms with Crippen LogP contribution >= 0.6 is 9.24 Å². The molecular formula is C24H37N6OP. The van der Waals surface area contributed by atoms with E-state index >= 15 is 0 Å². The Morgan fingerprint density at radius 2 is 1.72 bits per heavy atom. The zero-order valence-corrected chi connectivity index (χ0v) is 20.4. The highest BCUT2D eigenvalue weighted by molar-refractivity contribution is 7.27. The lowest BCUT2D eigenvalue weighted by Gasteiger charge is -2.26. The number of nitrogens with one attached hydrogen (secondary N) is 3. The molecule has 0 bridgehead atoms. The first-order valence-corrected chi connectivity index (χ1v) is 11.7. The molecule has 0 saturated carbocycles. The average molecular weight is 457 g/mol. The molecule has 1 unspecified atom stereocenters. The molecular weight excluding hydrogens is 419 g/mol. The number of piperidine rings is 1. The second-order valence-corrected chi connectivity index (χ2v) is 8.75. The normalized spacial score (nSPS) is 13.5. The van der Waals surface area contributed by atoms with Gasteiger partial charge in [-0.3, -0.25) is 10.4 Å². The lowest BCUT2D eigenvalue weighted by Crippen LogP contribution is -2.34. The van der Waals surface area contributed by atoms with E-state index in [4.69, 9.17) is 11.3 Å². The second kappa shape index (κ2) is 13.8. The molecule has 174 valence electrons. The molecule has 1 fully saturated rings. The molecule has 8 heteroatoms. The first-order chi connectivity index (χ1) is 15.3. The molecule has 32 heavy (non-hydrogen) atoms. The minimum atomic E-state index is -0.201. The minimum absolute atomic E-state index is 0.201. The number of amides is 2. The molecule has 2 amide bonds. The summed E-state index contributed by atoms with van der Waals surface area (Å²) in [6.07, 6.45) is 4.89. The van der Waals surface area contributed by atoms with Crippen LogP contribution in [0.5, 0.6) is 0 Å². The SMILES string of the molecule is CN(N)C(=N)c1ccc(NC(=O)NCCCN2CCCCC2)cc1.Cc1ccc(P)cc1. The highest BCUT2D eigenvalue weighted by Crippen LogP contribution is 2.11. The van der Waals surface area contributed by atoms with E-state index in [1.54, 1.807) is 31.3 Å². The zero-order valence-electron chi connectivity index (χ0n) is 19.2. The van der Waals surface area contributed by atoms with Gasteiger partial charge in [-0.25, -0.2) is 10.6 Å². The molecule has 0 aliphatic carbocycles. The fourth-order valence-electron chi connectivity index (χ4n) is 3.34. The molecule has 1 aliphatic rings. The van der Waals surface area contributed by atoms with Crippen LogP contribution in [0.25, 0.3) is 0 Å². The van der Waals surface area contributed by atoms with Gasteiger partial charge in [0.2, 0.25) is 0 Å². The molecule has 1 saturated heterocycles. The number of carbonyl (C=O) groups excluding carboxylic acids is 1. The quantitative estimate of drug-likeness (QED) is 0.134. The van der Waals surface area contributed by atoms with Crippen LogP contribution in [0.3, 0.4) is 0 Å². The molecule has 1 heterocycles. The summed E-state index contributed by atoms with van der Waals surface area (Å²) < 4.78 is 0. The van der Waals surface area contributed by atoms with E-state index in [-0.39, 0.29) is 11.9 Å². The summed E-state index contributed by atoms with van der Waals surface area (Å²) >= 11 is 0. The highest BCUT2D eigenvalue weighted by Gasteiger charge is 2.09. The summed E-state index contributed by atoms with van der Waals surface area (Å²) in [5, 5.41) is 16.0. The largest absolute Gasteiger partial charge is 0.338 e. The first-order valence-electron chi connectivity index (χ1n) is 11.1. The van der Waals surface area contributed by atoms with Crippen LogP contribution in [-0.4, -0.2) is 55.0 Å². The predicted molar refractivity (Wildman–Crippen MR) is 138 cm³/mol. The smallest absolute Gasteiger partial charge is 0.319 e. The Balaban J connectivity index is 0.000000380. The van der Waals surface area contributed by atoms with Crippen molar-refractivity contribution in [2.45, 2.75) is 32.6 Å². The van der Waals surface area contributed by atoms with E-state index in [1.807, 2.05) is 0 Å². The number of nitrogens with zero attached hydrogens (tertiary/aromatic N) is 2. The first kappa shape index (κ1) is 25.8. The maximum atomic E-state index is 11.9. The molecule has 1 atom stereocenters. The van der Waals surface area contributed by atoms with Gasteiger partial charge in [0, 0.05) is 24.8 Å². The number of hydrogen-bond acceptors (Lipinski definition) is 4. The van der Waals surface area contributed by atoms with Gasteiger partial charge in [0.1, 0.15) is 5.84 Å². The van der Waals surface area contributed by atoms with Crippen molar-refractivity contribution < 1.29 is 4.79 Å². The number of hydrazine groups is 1. The number of amidine groups is 1. The van der Waals surface area contributed by atoms with Crippen molar-refractivity contribution in [2.24, 2.45) is 5.84 Å². The third-order valence-electron chi connectivity index (χ3n) is 5.23. The average Bonchev–Trinajstić information content (AvgIpc) is 2.80. The summed E-state index contributed by atoms with van der Waals surface area (Å²) in [6.45, 7) is 6.17. The van der Waals surface area contributed by atoms with E-state index in [9.17, 15) is 4.79 Å². The number of nitrogens with two attached hydrogens (primary N) is 1. The van der Waals surface area contributed by atoms with Crippen LogP contribution in [0.4, 0.5) is 10.5 Å². The molecule has 7 nitrogen and oxygen atoms in total. The molecule has 2 aromatic carbocycles. The standard InChI is InChI=1S/C17H28N6O.C7H9P/c1-22(19)16(18)14-6-8-15(9-7-14)21-17(24)20-10-5-13-23-11-3-2-4-12-23;1-6-2-4-7(8)5-3-6/h6-9,18H,2-5,10-13,19H2,1H3,(H2,20,21,24);2-5H,8H2,1H3. The zero-order chi connectivity index (χ0) is 23.3. The Kier molecular flexibility index (Phi) is 11.2. The lowest BCUT2D eigenvalue weighted by atomic mass is 10.1. The Morgan fingerprint density at radius 1 is 1.09 bits per heavy atom. The van der Waals surface area contributed by atoms with Crippen LogP contribution < -0.4 is 21.8 Å². The van der Waals surface area contributed by atoms with Gasteiger partial charge in [0.25, 0.3) is 0 Å². The molecule has 0 radical (unpaired) electrons. The van der Waals surface area contributed by atoms with Crippen LogP contribution in [0.1, 0.15) is 36.8 Å². The number of anilines is 1. The number of benzene rings is 2. The van der Waals surface area contributed by atoms with Gasteiger partial charge in [-0.15, -0.1) is 9.24 Å². The molecule has 0 aromatic heterocycles. The van der Waals surface area contributed by atoms with Crippen molar-refractivity contribution in [1.82, 2.24) is 15.2 Å². The molecule has 5 N–H and O–H groups in total. The van der Waals surface area contributed by atoms with Gasteiger partial charge in [0.05, 0.1) is 0 Å². The van der Waals surface area contributed by atoms with E-state index < -0.39 is 0 Å². The number of rotatable bonds is 6. The summed E-state index contributed by atoms with van der Waals surface area (Å²) in [5.41, 5.74) is 2.71. The monoisotopic (exact) mass is 456 g/mol. The van der Waals surface area contributed by atoms with Crippen molar-refractivity contribution >= 4 is 32.1 Å². The van der Waals surface area contributed by atoms with Gasteiger partial charge in [-0.2, -0.15) is 0 Å². The number of carbonyl (C=O) groups is 1. The van der Waals surface area contributed by atoms with Crippen LogP contribution in [0, 0.1) is 12.3 Å². The summed E-state index contributed by atoms with van der Waals surface area (Å²) in [4.78, 5) is 14.3. The van der Waals surface area contributed by atoms with Crippen LogP contribution in [0.2, 0.25) is 0 Å². The van der Waals surface area contributed by atoms with Gasteiger partial charge >= 0.3 is 6.03 Å². The Hall–Kier alpha value is -2.47.